The van der Waals surface area contributed by atoms with E-state index < -0.39 is 5.82 Å². The molecule has 0 unspecified atom stereocenters. The Morgan fingerprint density at radius 1 is 1.32 bits per heavy atom. The van der Waals surface area contributed by atoms with Crippen molar-refractivity contribution in [3.63, 3.8) is 0 Å². The van der Waals surface area contributed by atoms with E-state index in [0.717, 1.165) is 11.1 Å². The van der Waals surface area contributed by atoms with Crippen molar-refractivity contribution in [2.45, 2.75) is 6.92 Å². The van der Waals surface area contributed by atoms with Crippen molar-refractivity contribution in [3.05, 3.63) is 40.3 Å². The number of phenolic OH excluding ortho intramolecular Hbond substituents is 1. The molecule has 1 aromatic carbocycles. The summed E-state index contributed by atoms with van der Waals surface area (Å²) in [6.07, 6.45) is 0. The molecule has 0 aliphatic heterocycles. The maximum Gasteiger partial charge on any atom is 0.265 e. The largest absolute Gasteiger partial charge is 0.507 e. The second-order valence-corrected chi connectivity index (χ2v) is 4.77. The van der Waals surface area contributed by atoms with Gasteiger partial charge in [-0.15, -0.1) is 0 Å². The highest BCUT2D eigenvalue weighted by Gasteiger charge is 2.18. The standard InChI is InChI=1S/C13H9FN2O2S/c1-7-5-19-6-8(7)12-15-13(18-16-12)11-9(14)3-2-4-10(11)17/h2-6,17H,1H3. The smallest absolute Gasteiger partial charge is 0.265 e. The zero-order valence-electron chi connectivity index (χ0n) is 9.92. The molecule has 4 nitrogen and oxygen atoms in total. The van der Waals surface area contributed by atoms with Gasteiger partial charge < -0.3 is 9.63 Å². The highest BCUT2D eigenvalue weighted by atomic mass is 32.1. The molecule has 0 saturated carbocycles. The molecule has 0 saturated heterocycles. The normalized spacial score (nSPS) is 10.8. The first-order valence-corrected chi connectivity index (χ1v) is 6.46. The van der Waals surface area contributed by atoms with Crippen LogP contribution in [0, 0.1) is 12.7 Å². The molecule has 0 atom stereocenters. The molecule has 96 valence electrons. The molecular weight excluding hydrogens is 267 g/mol. The lowest BCUT2D eigenvalue weighted by Crippen LogP contribution is -1.86. The van der Waals surface area contributed by atoms with Gasteiger partial charge in [0.15, 0.2) is 0 Å². The van der Waals surface area contributed by atoms with Gasteiger partial charge in [0, 0.05) is 10.9 Å². The topological polar surface area (TPSA) is 59.2 Å². The van der Waals surface area contributed by atoms with Crippen molar-refractivity contribution in [1.82, 2.24) is 10.1 Å². The van der Waals surface area contributed by atoms with Crippen LogP contribution in [0.1, 0.15) is 5.56 Å². The number of phenols is 1. The monoisotopic (exact) mass is 276 g/mol. The van der Waals surface area contributed by atoms with Crippen molar-refractivity contribution >= 4 is 11.3 Å². The molecule has 2 heterocycles. The van der Waals surface area contributed by atoms with Crippen LogP contribution in [0.25, 0.3) is 22.8 Å². The van der Waals surface area contributed by atoms with Crippen LogP contribution in [-0.4, -0.2) is 15.2 Å². The minimum absolute atomic E-state index is 0.0313. The van der Waals surface area contributed by atoms with E-state index in [1.54, 1.807) is 0 Å². The van der Waals surface area contributed by atoms with Gasteiger partial charge in [-0.25, -0.2) is 4.39 Å². The van der Waals surface area contributed by atoms with Crippen LogP contribution in [-0.2, 0) is 0 Å². The van der Waals surface area contributed by atoms with Gasteiger partial charge in [-0.2, -0.15) is 16.3 Å². The Morgan fingerprint density at radius 3 is 2.84 bits per heavy atom. The molecule has 1 N–H and O–H groups in total. The summed E-state index contributed by atoms with van der Waals surface area (Å²) in [6.45, 7) is 1.93. The molecule has 0 aliphatic rings. The fourth-order valence-corrected chi connectivity index (χ4v) is 2.58. The Balaban J connectivity index is 2.10. The number of hydrogen-bond acceptors (Lipinski definition) is 5. The van der Waals surface area contributed by atoms with E-state index in [4.69, 9.17) is 4.52 Å². The molecule has 19 heavy (non-hydrogen) atoms. The maximum absolute atomic E-state index is 13.7. The summed E-state index contributed by atoms with van der Waals surface area (Å²) in [4.78, 5) is 4.13. The number of hydrogen-bond donors (Lipinski definition) is 1. The number of aryl methyl sites for hydroxylation is 1. The first-order chi connectivity index (χ1) is 9.16. The maximum atomic E-state index is 13.7. The van der Waals surface area contributed by atoms with E-state index in [9.17, 15) is 9.50 Å². The summed E-state index contributed by atoms with van der Waals surface area (Å²) < 4.78 is 18.7. The zero-order valence-corrected chi connectivity index (χ0v) is 10.7. The minimum atomic E-state index is -0.600. The lowest BCUT2D eigenvalue weighted by Gasteiger charge is -1.99. The second kappa shape index (κ2) is 4.47. The van der Waals surface area contributed by atoms with Gasteiger partial charge in [0.25, 0.3) is 5.89 Å². The Kier molecular flexibility index (Phi) is 2.79. The number of rotatable bonds is 2. The molecular formula is C13H9FN2O2S. The summed E-state index contributed by atoms with van der Waals surface area (Å²) in [5.74, 6) is -0.470. The Bertz CT molecular complexity index is 716. The Morgan fingerprint density at radius 2 is 2.16 bits per heavy atom. The van der Waals surface area contributed by atoms with Crippen molar-refractivity contribution in [2.24, 2.45) is 0 Å². The Hall–Kier alpha value is -2.21. The van der Waals surface area contributed by atoms with Gasteiger partial charge in [-0.3, -0.25) is 0 Å². The van der Waals surface area contributed by atoms with E-state index in [0.29, 0.717) is 5.82 Å². The molecule has 0 fully saturated rings. The lowest BCUT2D eigenvalue weighted by molar-refractivity contribution is 0.421. The number of aromatic nitrogens is 2. The van der Waals surface area contributed by atoms with E-state index in [1.165, 1.54) is 29.5 Å². The second-order valence-electron chi connectivity index (χ2n) is 4.03. The lowest BCUT2D eigenvalue weighted by atomic mass is 10.2. The number of benzene rings is 1. The number of thiophene rings is 1. The van der Waals surface area contributed by atoms with Gasteiger partial charge in [-0.05, 0) is 30.0 Å². The molecule has 0 bridgehead atoms. The minimum Gasteiger partial charge on any atom is -0.507 e. The van der Waals surface area contributed by atoms with Crippen LogP contribution >= 0.6 is 11.3 Å². The van der Waals surface area contributed by atoms with Crippen molar-refractivity contribution in [2.75, 3.05) is 0 Å². The number of halogens is 1. The Labute approximate surface area is 112 Å². The van der Waals surface area contributed by atoms with E-state index in [2.05, 4.69) is 10.1 Å². The molecule has 0 aliphatic carbocycles. The molecule has 2 aromatic heterocycles. The fraction of sp³-hybridized carbons (Fsp3) is 0.0769. The molecule has 0 amide bonds. The third-order valence-corrected chi connectivity index (χ3v) is 3.59. The van der Waals surface area contributed by atoms with Gasteiger partial charge >= 0.3 is 0 Å². The third-order valence-electron chi connectivity index (χ3n) is 2.73. The summed E-state index contributed by atoms with van der Waals surface area (Å²) in [6, 6.07) is 4.02. The highest BCUT2D eigenvalue weighted by molar-refractivity contribution is 7.08. The van der Waals surface area contributed by atoms with Crippen molar-refractivity contribution < 1.29 is 14.0 Å². The van der Waals surface area contributed by atoms with Crippen LogP contribution in [0.4, 0.5) is 4.39 Å². The van der Waals surface area contributed by atoms with E-state index in [-0.39, 0.29) is 17.2 Å². The van der Waals surface area contributed by atoms with Gasteiger partial charge in [0.1, 0.15) is 17.1 Å². The highest BCUT2D eigenvalue weighted by Crippen LogP contribution is 2.32. The van der Waals surface area contributed by atoms with Crippen molar-refractivity contribution in [1.29, 1.82) is 0 Å². The first-order valence-electron chi connectivity index (χ1n) is 5.51. The first kappa shape index (κ1) is 11.9. The molecule has 3 rings (SSSR count). The summed E-state index contributed by atoms with van der Waals surface area (Å²) >= 11 is 1.53. The fourth-order valence-electron chi connectivity index (χ4n) is 1.75. The van der Waals surface area contributed by atoms with Crippen LogP contribution in [0.5, 0.6) is 5.75 Å². The summed E-state index contributed by atoms with van der Waals surface area (Å²) in [7, 11) is 0. The molecule has 6 heteroatoms. The van der Waals surface area contributed by atoms with Gasteiger partial charge in [0.05, 0.1) is 0 Å². The number of nitrogens with zero attached hydrogens (tertiary/aromatic N) is 2. The van der Waals surface area contributed by atoms with Crippen molar-refractivity contribution in [3.8, 4) is 28.6 Å². The molecule has 3 aromatic rings. The SMILES string of the molecule is Cc1cscc1-c1noc(-c2c(O)cccc2F)n1. The summed E-state index contributed by atoms with van der Waals surface area (Å²) in [5, 5.41) is 17.4. The molecule has 0 spiro atoms. The number of aromatic hydroxyl groups is 1. The third kappa shape index (κ3) is 2.00. The average Bonchev–Trinajstić information content (AvgIpc) is 2.98. The molecule has 0 radical (unpaired) electrons. The van der Waals surface area contributed by atoms with Crippen LogP contribution in [0.15, 0.2) is 33.5 Å². The van der Waals surface area contributed by atoms with Gasteiger partial charge in [0.2, 0.25) is 5.82 Å². The summed E-state index contributed by atoms with van der Waals surface area (Å²) in [5.41, 5.74) is 1.79. The van der Waals surface area contributed by atoms with Crippen LogP contribution in [0.2, 0.25) is 0 Å². The van der Waals surface area contributed by atoms with Gasteiger partial charge in [-0.1, -0.05) is 11.2 Å². The average molecular weight is 276 g/mol. The van der Waals surface area contributed by atoms with Crippen LogP contribution in [0.3, 0.4) is 0 Å². The van der Waals surface area contributed by atoms with E-state index >= 15 is 0 Å². The predicted octanol–water partition coefficient (Wildman–Crippen LogP) is 3.62. The predicted molar refractivity (Wildman–Crippen MR) is 69.4 cm³/mol. The zero-order chi connectivity index (χ0) is 13.4. The quantitative estimate of drug-likeness (QED) is 0.776. The van der Waals surface area contributed by atoms with E-state index in [1.807, 2.05) is 17.7 Å². The van der Waals surface area contributed by atoms with Crippen LogP contribution < -0.4 is 0 Å².